The molecule has 3 aromatic rings. The molecule has 0 bridgehead atoms. The Bertz CT molecular complexity index is 1900. The quantitative estimate of drug-likeness (QED) is 0.0910. The Kier molecular flexibility index (Phi) is 16.0. The van der Waals surface area contributed by atoms with E-state index in [4.69, 9.17) is 35.3 Å². The first-order valence-corrected chi connectivity index (χ1v) is 21.3. The highest BCUT2D eigenvalue weighted by atomic mass is 35.5. The Morgan fingerprint density at radius 2 is 1.61 bits per heavy atom. The van der Waals surface area contributed by atoms with Gasteiger partial charge in [-0.15, -0.1) is 0 Å². The minimum Gasteiger partial charge on any atom is -0.490 e. The zero-order valence-corrected chi connectivity index (χ0v) is 34.9. The SMILES string of the molecule is CN(CCCCNC(=O)NCCOCCOCCNC(=O)OC(C)(C)C)S(=O)(=O)c1ccc(Cl)c(COC2(c3cnccc3-c3ccccc3OC3CC3)CC2)c1. The zero-order chi connectivity index (χ0) is 40.9. The zero-order valence-electron chi connectivity index (χ0n) is 33.3. The van der Waals surface area contributed by atoms with Gasteiger partial charge in [0.05, 0.1) is 49.6 Å². The highest BCUT2D eigenvalue weighted by Gasteiger charge is 2.48. The van der Waals surface area contributed by atoms with E-state index in [9.17, 15) is 18.0 Å². The third-order valence-electron chi connectivity index (χ3n) is 9.24. The number of pyridine rings is 1. The molecule has 0 radical (unpaired) electrons. The predicted molar refractivity (Wildman–Crippen MR) is 217 cm³/mol. The van der Waals surface area contributed by atoms with Gasteiger partial charge in [-0.3, -0.25) is 4.98 Å². The van der Waals surface area contributed by atoms with Crippen LogP contribution in [-0.2, 0) is 41.2 Å². The van der Waals surface area contributed by atoms with Gasteiger partial charge in [0, 0.05) is 61.8 Å². The van der Waals surface area contributed by atoms with Gasteiger partial charge in [-0.2, -0.15) is 0 Å². The predicted octanol–water partition coefficient (Wildman–Crippen LogP) is 6.41. The molecule has 0 aliphatic heterocycles. The summed E-state index contributed by atoms with van der Waals surface area (Å²) >= 11 is 6.58. The summed E-state index contributed by atoms with van der Waals surface area (Å²) in [7, 11) is -2.27. The molecule has 2 saturated carbocycles. The molecule has 16 heteroatoms. The normalized spacial score (nSPS) is 14.9. The number of ether oxygens (including phenoxy) is 5. The summed E-state index contributed by atoms with van der Waals surface area (Å²) < 4.78 is 57.2. The van der Waals surface area contributed by atoms with E-state index in [-0.39, 0.29) is 30.2 Å². The van der Waals surface area contributed by atoms with Crippen molar-refractivity contribution in [3.63, 3.8) is 0 Å². The average Bonchev–Trinajstić information content (AvgIpc) is 4.12. The number of hydrogen-bond donors (Lipinski definition) is 3. The summed E-state index contributed by atoms with van der Waals surface area (Å²) in [5.74, 6) is 0.844. The third-order valence-corrected chi connectivity index (χ3v) is 11.5. The standard InChI is InChI=1S/C41H56ClN5O9S/c1-40(2,3)56-39(49)46-21-24-53-26-25-52-23-20-45-38(48)44-18-7-8-22-47(4)57(50,51)32-13-14-36(42)30(27-32)29-54-41(16-17-41)35-28-43-19-15-33(35)34-9-5-6-10-37(34)55-31-11-12-31/h5-6,9-10,13-15,19,27-28,31H,7-8,11-12,16-18,20-26,29H2,1-4H3,(H,46,49)(H2,44,45,48). The number of sulfonamides is 1. The number of benzene rings is 2. The molecule has 2 aliphatic rings. The Hall–Kier alpha value is -3.99. The van der Waals surface area contributed by atoms with Crippen LogP contribution in [0.25, 0.3) is 11.1 Å². The lowest BCUT2D eigenvalue weighted by atomic mass is 9.96. The van der Waals surface area contributed by atoms with E-state index in [1.807, 2.05) is 30.5 Å². The van der Waals surface area contributed by atoms with Gasteiger partial charge >= 0.3 is 12.1 Å². The van der Waals surface area contributed by atoms with E-state index in [1.54, 1.807) is 46.1 Å². The Balaban J connectivity index is 0.992. The molecule has 2 fully saturated rings. The topological polar surface area (TPSA) is 167 Å². The van der Waals surface area contributed by atoms with Gasteiger partial charge in [0.2, 0.25) is 10.0 Å². The van der Waals surface area contributed by atoms with Crippen LogP contribution in [0.4, 0.5) is 9.59 Å². The number of halogens is 1. The van der Waals surface area contributed by atoms with Crippen LogP contribution < -0.4 is 20.7 Å². The second-order valence-electron chi connectivity index (χ2n) is 15.1. The van der Waals surface area contributed by atoms with Crippen molar-refractivity contribution in [3.05, 3.63) is 77.1 Å². The van der Waals surface area contributed by atoms with Gasteiger partial charge in [0.25, 0.3) is 0 Å². The minimum absolute atomic E-state index is 0.130. The van der Waals surface area contributed by atoms with Crippen LogP contribution in [0.2, 0.25) is 5.02 Å². The average molecular weight is 830 g/mol. The van der Waals surface area contributed by atoms with E-state index < -0.39 is 27.3 Å². The lowest BCUT2D eigenvalue weighted by molar-refractivity contribution is 0.0173. The molecule has 5 rings (SSSR count). The highest BCUT2D eigenvalue weighted by Crippen LogP contribution is 2.53. The maximum Gasteiger partial charge on any atom is 0.407 e. The molecular weight excluding hydrogens is 774 g/mol. The van der Waals surface area contributed by atoms with Crippen molar-refractivity contribution in [2.75, 3.05) is 59.7 Å². The van der Waals surface area contributed by atoms with Crippen LogP contribution in [0.5, 0.6) is 5.75 Å². The molecule has 1 heterocycles. The van der Waals surface area contributed by atoms with Gasteiger partial charge in [-0.05, 0) is 101 Å². The summed E-state index contributed by atoms with van der Waals surface area (Å²) in [6.07, 6.45) is 8.25. The number of carbonyl (C=O) groups excluding carboxylic acids is 2. The number of nitrogens with one attached hydrogen (secondary N) is 3. The molecule has 3 N–H and O–H groups in total. The molecule has 1 aromatic heterocycles. The van der Waals surface area contributed by atoms with E-state index in [1.165, 1.54) is 10.4 Å². The molecule has 3 amide bonds. The molecular formula is C41H56ClN5O9S. The number of rotatable bonds is 23. The van der Waals surface area contributed by atoms with Crippen LogP contribution in [0.15, 0.2) is 65.8 Å². The molecule has 312 valence electrons. The van der Waals surface area contributed by atoms with Gasteiger partial charge in [-0.1, -0.05) is 29.8 Å². The van der Waals surface area contributed by atoms with Gasteiger partial charge in [0.15, 0.2) is 0 Å². The van der Waals surface area contributed by atoms with Crippen LogP contribution in [0, 0.1) is 0 Å². The van der Waals surface area contributed by atoms with Gasteiger partial charge in [0.1, 0.15) is 11.4 Å². The van der Waals surface area contributed by atoms with E-state index in [0.29, 0.717) is 69.5 Å². The van der Waals surface area contributed by atoms with E-state index >= 15 is 0 Å². The molecule has 57 heavy (non-hydrogen) atoms. The third kappa shape index (κ3) is 13.8. The first-order chi connectivity index (χ1) is 27.3. The summed E-state index contributed by atoms with van der Waals surface area (Å²) in [5, 5.41) is 8.53. The number of unbranched alkanes of at least 4 members (excludes halogenated alkanes) is 1. The van der Waals surface area contributed by atoms with Crippen molar-refractivity contribution in [1.29, 1.82) is 0 Å². The van der Waals surface area contributed by atoms with Crippen LogP contribution >= 0.6 is 11.6 Å². The number of urea groups is 1. The molecule has 0 saturated heterocycles. The van der Waals surface area contributed by atoms with E-state index in [2.05, 4.69) is 27.0 Å². The van der Waals surface area contributed by atoms with Crippen molar-refractivity contribution < 1.29 is 41.7 Å². The van der Waals surface area contributed by atoms with Crippen molar-refractivity contribution in [1.82, 2.24) is 25.2 Å². The summed E-state index contributed by atoms with van der Waals surface area (Å²) in [4.78, 5) is 28.3. The lowest BCUT2D eigenvalue weighted by Gasteiger charge is -2.22. The Labute approximate surface area is 341 Å². The summed E-state index contributed by atoms with van der Waals surface area (Å²) in [5.41, 5.74) is 2.44. The largest absolute Gasteiger partial charge is 0.490 e. The number of amides is 3. The number of nitrogens with zero attached hydrogens (tertiary/aromatic N) is 2. The van der Waals surface area contributed by atoms with Gasteiger partial charge < -0.3 is 39.6 Å². The monoisotopic (exact) mass is 829 g/mol. The molecule has 2 aliphatic carbocycles. The lowest BCUT2D eigenvalue weighted by Crippen LogP contribution is -2.38. The number of aromatic nitrogens is 1. The number of alkyl carbamates (subject to hydrolysis) is 1. The van der Waals surface area contributed by atoms with Crippen molar-refractivity contribution in [2.24, 2.45) is 0 Å². The van der Waals surface area contributed by atoms with Crippen LogP contribution in [0.1, 0.15) is 70.4 Å². The van der Waals surface area contributed by atoms with Crippen molar-refractivity contribution in [3.8, 4) is 16.9 Å². The maximum absolute atomic E-state index is 13.5. The molecule has 14 nitrogen and oxygen atoms in total. The molecule has 0 atom stereocenters. The Morgan fingerprint density at radius 3 is 2.32 bits per heavy atom. The summed E-state index contributed by atoms with van der Waals surface area (Å²) in [6, 6.07) is 14.4. The molecule has 2 aromatic carbocycles. The van der Waals surface area contributed by atoms with E-state index in [0.717, 1.165) is 48.1 Å². The fourth-order valence-corrected chi connectivity index (χ4v) is 7.35. The summed E-state index contributed by atoms with van der Waals surface area (Å²) in [6.45, 7) is 8.14. The second-order valence-corrected chi connectivity index (χ2v) is 17.6. The van der Waals surface area contributed by atoms with Gasteiger partial charge in [-0.25, -0.2) is 22.3 Å². The minimum atomic E-state index is -3.81. The smallest absolute Gasteiger partial charge is 0.407 e. The molecule has 0 spiro atoms. The first kappa shape index (κ1) is 44.1. The van der Waals surface area contributed by atoms with Crippen LogP contribution in [0.3, 0.4) is 0 Å². The van der Waals surface area contributed by atoms with Crippen molar-refractivity contribution >= 4 is 33.7 Å². The first-order valence-electron chi connectivity index (χ1n) is 19.5. The number of carbonyl (C=O) groups is 2. The second kappa shape index (κ2) is 20.6. The Morgan fingerprint density at radius 1 is 0.912 bits per heavy atom. The number of para-hydroxylation sites is 1. The highest BCUT2D eigenvalue weighted by molar-refractivity contribution is 7.89. The van der Waals surface area contributed by atoms with Crippen LogP contribution in [-0.4, -0.2) is 101 Å². The maximum atomic E-state index is 13.5. The number of hydrogen-bond acceptors (Lipinski definition) is 10. The fraction of sp³-hybridized carbons (Fsp3) is 0.537. The fourth-order valence-electron chi connectivity index (χ4n) is 5.91. The molecule has 0 unspecified atom stereocenters. The van der Waals surface area contributed by atoms with Crippen molar-refractivity contribution in [2.45, 2.75) is 88.1 Å².